The van der Waals surface area contributed by atoms with Crippen LogP contribution < -0.4 is 5.73 Å². The number of pyridine rings is 1. The predicted molar refractivity (Wildman–Crippen MR) is 46.3 cm³/mol. The van der Waals surface area contributed by atoms with Crippen LogP contribution in [0.4, 0.5) is 18.9 Å². The molecule has 2 nitrogen and oxygen atoms in total. The fraction of sp³-hybridized carbons (Fsp3) is 0.286. The van der Waals surface area contributed by atoms with Crippen molar-refractivity contribution in [2.45, 2.75) is 11.5 Å². The Morgan fingerprint density at radius 1 is 1.46 bits per heavy atom. The van der Waals surface area contributed by atoms with Gasteiger partial charge in [-0.3, -0.25) is 4.98 Å². The monoisotopic (exact) mass is 254 g/mol. The number of aromatic nitrogens is 1. The van der Waals surface area contributed by atoms with Crippen LogP contribution in [0.25, 0.3) is 0 Å². The number of nitrogens with two attached hydrogens (primary N) is 1. The molecule has 0 spiro atoms. The highest BCUT2D eigenvalue weighted by Crippen LogP contribution is 2.29. The molecule has 0 aromatic carbocycles. The third-order valence-electron chi connectivity index (χ3n) is 1.46. The van der Waals surface area contributed by atoms with E-state index >= 15 is 0 Å². The maximum atomic E-state index is 12.1. The average Bonchev–Trinajstić information content (AvgIpc) is 2.02. The highest BCUT2D eigenvalue weighted by atomic mass is 79.9. The molecule has 2 N–H and O–H groups in total. The van der Waals surface area contributed by atoms with Gasteiger partial charge in [0, 0.05) is 22.8 Å². The molecule has 0 unspecified atom stereocenters. The summed E-state index contributed by atoms with van der Waals surface area (Å²) in [4.78, 5) is 3.25. The van der Waals surface area contributed by atoms with Crippen LogP contribution in [0.5, 0.6) is 0 Å². The number of alkyl halides is 4. The lowest BCUT2D eigenvalue weighted by atomic mass is 10.2. The standard InChI is InChI=1S/C7H6BrF3N2/c8-2-4-3-13-6(1-5(4)12)7(9,10)11/h1,3H,2H2,(H2,12,13). The molecule has 0 bridgehead atoms. The molecular formula is C7H6BrF3N2. The van der Waals surface area contributed by atoms with E-state index in [1.165, 1.54) is 0 Å². The smallest absolute Gasteiger partial charge is 0.398 e. The molecule has 1 rings (SSSR count). The molecule has 0 radical (unpaired) electrons. The quantitative estimate of drug-likeness (QED) is 0.783. The van der Waals surface area contributed by atoms with Gasteiger partial charge in [0.1, 0.15) is 5.69 Å². The van der Waals surface area contributed by atoms with E-state index in [9.17, 15) is 13.2 Å². The van der Waals surface area contributed by atoms with E-state index in [0.717, 1.165) is 12.3 Å². The molecule has 0 saturated carbocycles. The zero-order valence-corrected chi connectivity index (χ0v) is 7.98. The summed E-state index contributed by atoms with van der Waals surface area (Å²) in [6.07, 6.45) is -3.31. The molecule has 0 aliphatic carbocycles. The van der Waals surface area contributed by atoms with E-state index in [1.807, 2.05) is 0 Å². The molecule has 0 amide bonds. The van der Waals surface area contributed by atoms with Gasteiger partial charge in [-0.2, -0.15) is 13.2 Å². The second-order valence-corrected chi connectivity index (χ2v) is 2.96. The lowest BCUT2D eigenvalue weighted by molar-refractivity contribution is -0.141. The van der Waals surface area contributed by atoms with Crippen LogP contribution >= 0.6 is 15.9 Å². The first kappa shape index (κ1) is 10.3. The number of hydrogen-bond acceptors (Lipinski definition) is 2. The zero-order chi connectivity index (χ0) is 10.1. The molecule has 1 aromatic heterocycles. The maximum absolute atomic E-state index is 12.1. The Hall–Kier alpha value is -0.780. The van der Waals surface area contributed by atoms with E-state index in [-0.39, 0.29) is 5.69 Å². The van der Waals surface area contributed by atoms with E-state index in [2.05, 4.69) is 20.9 Å². The van der Waals surface area contributed by atoms with Gasteiger partial charge in [-0.1, -0.05) is 15.9 Å². The molecule has 0 saturated heterocycles. The minimum Gasteiger partial charge on any atom is -0.398 e. The van der Waals surface area contributed by atoms with Gasteiger partial charge in [-0.25, -0.2) is 0 Å². The Labute approximate surface area is 81.1 Å². The summed E-state index contributed by atoms with van der Waals surface area (Å²) in [6.45, 7) is 0. The topological polar surface area (TPSA) is 38.9 Å². The Morgan fingerprint density at radius 3 is 2.46 bits per heavy atom. The van der Waals surface area contributed by atoms with Crippen molar-refractivity contribution in [3.8, 4) is 0 Å². The highest BCUT2D eigenvalue weighted by molar-refractivity contribution is 9.08. The molecular weight excluding hydrogens is 249 g/mol. The van der Waals surface area contributed by atoms with Gasteiger partial charge >= 0.3 is 6.18 Å². The molecule has 6 heteroatoms. The van der Waals surface area contributed by atoms with Crippen LogP contribution in [-0.4, -0.2) is 4.98 Å². The number of hydrogen-bond donors (Lipinski definition) is 1. The van der Waals surface area contributed by atoms with Crippen molar-refractivity contribution in [3.63, 3.8) is 0 Å². The third kappa shape index (κ3) is 2.33. The van der Waals surface area contributed by atoms with Crippen molar-refractivity contribution in [2.75, 3.05) is 5.73 Å². The van der Waals surface area contributed by atoms with Gasteiger partial charge in [0.2, 0.25) is 0 Å². The van der Waals surface area contributed by atoms with Crippen LogP contribution in [-0.2, 0) is 11.5 Å². The van der Waals surface area contributed by atoms with Crippen LogP contribution in [0.3, 0.4) is 0 Å². The van der Waals surface area contributed by atoms with E-state index < -0.39 is 11.9 Å². The summed E-state index contributed by atoms with van der Waals surface area (Å²) < 4.78 is 36.2. The normalized spacial score (nSPS) is 11.7. The summed E-state index contributed by atoms with van der Waals surface area (Å²) in [7, 11) is 0. The average molecular weight is 255 g/mol. The number of halogens is 4. The minimum absolute atomic E-state index is 0.0965. The molecule has 0 atom stereocenters. The zero-order valence-electron chi connectivity index (χ0n) is 6.40. The van der Waals surface area contributed by atoms with Crippen molar-refractivity contribution in [1.82, 2.24) is 4.98 Å². The summed E-state index contributed by atoms with van der Waals surface area (Å²) in [5, 5.41) is 0.393. The third-order valence-corrected chi connectivity index (χ3v) is 2.06. The van der Waals surface area contributed by atoms with Crippen molar-refractivity contribution >= 4 is 21.6 Å². The van der Waals surface area contributed by atoms with Gasteiger partial charge in [-0.05, 0) is 6.07 Å². The molecule has 0 fully saturated rings. The first-order valence-corrected chi connectivity index (χ1v) is 4.45. The van der Waals surface area contributed by atoms with Crippen LogP contribution in [0.2, 0.25) is 0 Å². The Bertz CT molecular complexity index is 311. The summed E-state index contributed by atoms with van der Waals surface area (Å²) in [5.74, 6) is 0. The Morgan fingerprint density at radius 2 is 2.08 bits per heavy atom. The summed E-state index contributed by atoms with van der Waals surface area (Å²) >= 11 is 3.08. The second-order valence-electron chi connectivity index (χ2n) is 2.40. The molecule has 72 valence electrons. The van der Waals surface area contributed by atoms with E-state index in [4.69, 9.17) is 5.73 Å². The van der Waals surface area contributed by atoms with Crippen LogP contribution in [0, 0.1) is 0 Å². The lowest BCUT2D eigenvalue weighted by Gasteiger charge is -2.07. The minimum atomic E-state index is -4.43. The number of nitrogen functional groups attached to an aromatic ring is 1. The largest absolute Gasteiger partial charge is 0.433 e. The van der Waals surface area contributed by atoms with E-state index in [1.54, 1.807) is 0 Å². The first-order valence-electron chi connectivity index (χ1n) is 3.32. The Kier molecular flexibility index (Phi) is 2.80. The van der Waals surface area contributed by atoms with Crippen molar-refractivity contribution < 1.29 is 13.2 Å². The van der Waals surface area contributed by atoms with Crippen molar-refractivity contribution in [1.29, 1.82) is 0 Å². The number of nitrogens with zero attached hydrogens (tertiary/aromatic N) is 1. The maximum Gasteiger partial charge on any atom is 0.433 e. The fourth-order valence-corrected chi connectivity index (χ4v) is 1.23. The fourth-order valence-electron chi connectivity index (χ4n) is 0.766. The second kappa shape index (κ2) is 3.53. The molecule has 1 aromatic rings. The van der Waals surface area contributed by atoms with Gasteiger partial charge in [0.15, 0.2) is 0 Å². The number of anilines is 1. The van der Waals surface area contributed by atoms with Crippen molar-refractivity contribution in [3.05, 3.63) is 23.5 Å². The Balaban J connectivity index is 3.10. The van der Waals surface area contributed by atoms with Crippen LogP contribution in [0.15, 0.2) is 12.3 Å². The summed E-state index contributed by atoms with van der Waals surface area (Å²) in [5.41, 5.74) is 5.04. The lowest BCUT2D eigenvalue weighted by Crippen LogP contribution is -2.09. The summed E-state index contributed by atoms with van der Waals surface area (Å²) in [6, 6.07) is 0.830. The van der Waals surface area contributed by atoms with E-state index in [0.29, 0.717) is 10.9 Å². The molecule has 1 heterocycles. The molecule has 0 aliphatic heterocycles. The highest BCUT2D eigenvalue weighted by Gasteiger charge is 2.32. The molecule has 13 heavy (non-hydrogen) atoms. The number of rotatable bonds is 1. The van der Waals surface area contributed by atoms with Gasteiger partial charge in [0.05, 0.1) is 0 Å². The van der Waals surface area contributed by atoms with Gasteiger partial charge < -0.3 is 5.73 Å². The van der Waals surface area contributed by atoms with Gasteiger partial charge in [0.25, 0.3) is 0 Å². The van der Waals surface area contributed by atoms with Crippen molar-refractivity contribution in [2.24, 2.45) is 0 Å². The SMILES string of the molecule is Nc1cc(C(F)(F)F)ncc1CBr. The first-order chi connectivity index (χ1) is 5.95. The van der Waals surface area contributed by atoms with Gasteiger partial charge in [-0.15, -0.1) is 0 Å². The van der Waals surface area contributed by atoms with Crippen LogP contribution in [0.1, 0.15) is 11.3 Å². The predicted octanol–water partition coefficient (Wildman–Crippen LogP) is 2.58. The molecule has 0 aliphatic rings.